The van der Waals surface area contributed by atoms with Crippen molar-refractivity contribution in [1.82, 2.24) is 9.88 Å². The first-order valence-electron chi connectivity index (χ1n) is 5.81. The van der Waals surface area contributed by atoms with Crippen LogP contribution in [-0.2, 0) is 0 Å². The van der Waals surface area contributed by atoms with Crippen molar-refractivity contribution in [2.75, 3.05) is 43.9 Å². The Labute approximate surface area is 105 Å². The third-order valence-electron chi connectivity index (χ3n) is 3.36. The molecule has 0 spiro atoms. The van der Waals surface area contributed by atoms with Crippen LogP contribution in [0.2, 0.25) is 0 Å². The topological polar surface area (TPSA) is 45.4 Å². The van der Waals surface area contributed by atoms with Crippen LogP contribution in [0.3, 0.4) is 0 Å². The fraction of sp³-hybridized carbons (Fsp3) is 0.417. The highest BCUT2D eigenvalue weighted by atomic mass is 32.1. The van der Waals surface area contributed by atoms with Gasteiger partial charge in [0.2, 0.25) is 0 Å². The second-order valence-corrected chi connectivity index (χ2v) is 5.37. The molecule has 17 heavy (non-hydrogen) atoms. The summed E-state index contributed by atoms with van der Waals surface area (Å²) in [5.41, 5.74) is 11.0. The van der Waals surface area contributed by atoms with Gasteiger partial charge >= 0.3 is 0 Å². The molecular weight excluding hydrogens is 232 g/mol. The van der Waals surface area contributed by atoms with Crippen molar-refractivity contribution in [2.45, 2.75) is 0 Å². The molecule has 1 aliphatic rings. The maximum atomic E-state index is 6.22. The summed E-state index contributed by atoms with van der Waals surface area (Å²) in [6.45, 7) is 4.26. The van der Waals surface area contributed by atoms with Gasteiger partial charge < -0.3 is 15.5 Å². The van der Waals surface area contributed by atoms with E-state index in [1.54, 1.807) is 11.3 Å². The van der Waals surface area contributed by atoms with E-state index in [0.717, 1.165) is 43.1 Å². The zero-order chi connectivity index (χ0) is 11.8. The van der Waals surface area contributed by atoms with Crippen molar-refractivity contribution in [3.05, 3.63) is 17.6 Å². The second-order valence-electron chi connectivity index (χ2n) is 4.49. The standard InChI is InChI=1S/C12H16N4S/c1-15-4-6-16(7-5-15)9-2-3-10-12(11(9)13)14-8-17-10/h2-3,8H,4-7,13H2,1H3. The Bertz CT molecular complexity index is 528. The van der Waals surface area contributed by atoms with Crippen LogP contribution in [-0.4, -0.2) is 43.1 Å². The van der Waals surface area contributed by atoms with E-state index in [2.05, 4.69) is 34.0 Å². The van der Waals surface area contributed by atoms with Crippen LogP contribution >= 0.6 is 11.3 Å². The summed E-state index contributed by atoms with van der Waals surface area (Å²) < 4.78 is 1.17. The molecule has 1 saturated heterocycles. The molecule has 0 saturated carbocycles. The minimum atomic E-state index is 0.827. The van der Waals surface area contributed by atoms with Crippen LogP contribution in [0.15, 0.2) is 17.6 Å². The van der Waals surface area contributed by atoms with E-state index < -0.39 is 0 Å². The van der Waals surface area contributed by atoms with Crippen LogP contribution in [0.1, 0.15) is 0 Å². The number of likely N-dealkylation sites (N-methyl/N-ethyl adjacent to an activating group) is 1. The molecule has 4 nitrogen and oxygen atoms in total. The SMILES string of the molecule is CN1CCN(c2ccc3scnc3c2N)CC1. The van der Waals surface area contributed by atoms with Crippen LogP contribution in [0.25, 0.3) is 10.2 Å². The molecule has 1 aromatic heterocycles. The lowest BCUT2D eigenvalue weighted by atomic mass is 10.2. The Morgan fingerprint density at radius 2 is 2.00 bits per heavy atom. The van der Waals surface area contributed by atoms with E-state index in [9.17, 15) is 0 Å². The second kappa shape index (κ2) is 4.16. The van der Waals surface area contributed by atoms with Crippen molar-refractivity contribution >= 4 is 32.9 Å². The van der Waals surface area contributed by atoms with E-state index in [1.165, 1.54) is 4.70 Å². The highest BCUT2D eigenvalue weighted by molar-refractivity contribution is 7.16. The highest BCUT2D eigenvalue weighted by Gasteiger charge is 2.17. The predicted octanol–water partition coefficient (Wildman–Crippen LogP) is 1.63. The van der Waals surface area contributed by atoms with Gasteiger partial charge in [0.05, 0.1) is 21.6 Å². The molecule has 2 heterocycles. The van der Waals surface area contributed by atoms with Gasteiger partial charge in [-0.3, -0.25) is 0 Å². The zero-order valence-electron chi connectivity index (χ0n) is 9.89. The molecule has 2 aromatic rings. The summed E-state index contributed by atoms with van der Waals surface area (Å²) in [4.78, 5) is 9.04. The smallest absolute Gasteiger partial charge is 0.106 e. The van der Waals surface area contributed by atoms with Crippen LogP contribution in [0, 0.1) is 0 Å². The Kier molecular flexibility index (Phi) is 2.64. The maximum Gasteiger partial charge on any atom is 0.106 e. The number of fused-ring (bicyclic) bond motifs is 1. The summed E-state index contributed by atoms with van der Waals surface area (Å²) in [6, 6.07) is 4.25. The first-order chi connectivity index (χ1) is 8.25. The molecule has 1 aromatic carbocycles. The Hall–Kier alpha value is -1.33. The van der Waals surface area contributed by atoms with E-state index in [-0.39, 0.29) is 0 Å². The van der Waals surface area contributed by atoms with Crippen molar-refractivity contribution in [2.24, 2.45) is 0 Å². The molecule has 0 bridgehead atoms. The summed E-state index contributed by atoms with van der Waals surface area (Å²) >= 11 is 1.64. The average Bonchev–Trinajstić information content (AvgIpc) is 2.80. The number of rotatable bonds is 1. The molecule has 3 rings (SSSR count). The minimum absolute atomic E-state index is 0.827. The van der Waals surface area contributed by atoms with Crippen molar-refractivity contribution in [3.63, 3.8) is 0 Å². The fourth-order valence-corrected chi connectivity index (χ4v) is 2.96. The van der Waals surface area contributed by atoms with E-state index >= 15 is 0 Å². The number of hydrogen-bond acceptors (Lipinski definition) is 5. The molecule has 0 amide bonds. The van der Waals surface area contributed by atoms with E-state index in [4.69, 9.17) is 5.73 Å². The first kappa shape index (κ1) is 10.8. The van der Waals surface area contributed by atoms with Gasteiger partial charge in [-0.15, -0.1) is 11.3 Å². The average molecular weight is 248 g/mol. The maximum absolute atomic E-state index is 6.22. The molecule has 0 unspecified atom stereocenters. The highest BCUT2D eigenvalue weighted by Crippen LogP contribution is 2.32. The number of benzene rings is 1. The summed E-state index contributed by atoms with van der Waals surface area (Å²) in [6.07, 6.45) is 0. The molecule has 1 aliphatic heterocycles. The molecule has 0 radical (unpaired) electrons. The predicted molar refractivity (Wildman–Crippen MR) is 73.7 cm³/mol. The van der Waals surface area contributed by atoms with Gasteiger partial charge in [0.25, 0.3) is 0 Å². The third kappa shape index (κ3) is 1.85. The van der Waals surface area contributed by atoms with Crippen molar-refractivity contribution < 1.29 is 0 Å². The number of anilines is 2. The molecule has 1 fully saturated rings. The molecule has 0 aliphatic carbocycles. The van der Waals surface area contributed by atoms with Gasteiger partial charge in [0.1, 0.15) is 5.52 Å². The monoisotopic (exact) mass is 248 g/mol. The summed E-state index contributed by atoms with van der Waals surface area (Å²) in [5, 5.41) is 0. The van der Waals surface area contributed by atoms with Gasteiger partial charge in [0, 0.05) is 26.2 Å². The van der Waals surface area contributed by atoms with Crippen molar-refractivity contribution in [3.8, 4) is 0 Å². The number of nitrogen functional groups attached to an aromatic ring is 1. The van der Waals surface area contributed by atoms with Gasteiger partial charge in [-0.25, -0.2) is 4.98 Å². The van der Waals surface area contributed by atoms with Crippen molar-refractivity contribution in [1.29, 1.82) is 0 Å². The number of thiazole rings is 1. The first-order valence-corrected chi connectivity index (χ1v) is 6.69. The normalized spacial score (nSPS) is 17.8. The lowest BCUT2D eigenvalue weighted by Gasteiger charge is -2.34. The largest absolute Gasteiger partial charge is 0.395 e. The Morgan fingerprint density at radius 3 is 2.76 bits per heavy atom. The number of hydrogen-bond donors (Lipinski definition) is 1. The molecule has 2 N–H and O–H groups in total. The molecule has 90 valence electrons. The third-order valence-corrected chi connectivity index (χ3v) is 4.16. The van der Waals surface area contributed by atoms with Crippen LogP contribution < -0.4 is 10.6 Å². The number of piperazine rings is 1. The zero-order valence-corrected chi connectivity index (χ0v) is 10.7. The molecule has 5 heteroatoms. The Morgan fingerprint density at radius 1 is 1.24 bits per heavy atom. The summed E-state index contributed by atoms with van der Waals surface area (Å²) in [5.74, 6) is 0. The minimum Gasteiger partial charge on any atom is -0.395 e. The summed E-state index contributed by atoms with van der Waals surface area (Å²) in [7, 11) is 2.16. The van der Waals surface area contributed by atoms with E-state index in [0.29, 0.717) is 0 Å². The van der Waals surface area contributed by atoms with Crippen LogP contribution in [0.5, 0.6) is 0 Å². The number of nitrogens with two attached hydrogens (primary N) is 1. The van der Waals surface area contributed by atoms with Gasteiger partial charge in [-0.05, 0) is 19.2 Å². The number of aromatic nitrogens is 1. The quantitative estimate of drug-likeness (QED) is 0.779. The van der Waals surface area contributed by atoms with Crippen LogP contribution in [0.4, 0.5) is 11.4 Å². The Balaban J connectivity index is 1.97. The molecular formula is C12H16N4S. The van der Waals surface area contributed by atoms with Gasteiger partial charge in [0.15, 0.2) is 0 Å². The number of nitrogens with zero attached hydrogens (tertiary/aromatic N) is 3. The fourth-order valence-electron chi connectivity index (χ4n) is 2.26. The molecule has 0 atom stereocenters. The lowest BCUT2D eigenvalue weighted by Crippen LogP contribution is -2.44. The van der Waals surface area contributed by atoms with Gasteiger partial charge in [-0.2, -0.15) is 0 Å². The van der Waals surface area contributed by atoms with E-state index in [1.807, 2.05) is 5.51 Å². The van der Waals surface area contributed by atoms with Gasteiger partial charge in [-0.1, -0.05) is 0 Å². The lowest BCUT2D eigenvalue weighted by molar-refractivity contribution is 0.313.